The molecule has 0 aliphatic heterocycles. The van der Waals surface area contributed by atoms with Gasteiger partial charge in [-0.2, -0.15) is 0 Å². The van der Waals surface area contributed by atoms with E-state index >= 15 is 0 Å². The van der Waals surface area contributed by atoms with Gasteiger partial charge < -0.3 is 5.32 Å². The lowest BCUT2D eigenvalue weighted by Gasteiger charge is -2.14. The summed E-state index contributed by atoms with van der Waals surface area (Å²) in [5.74, 6) is 0.855. The third-order valence-electron chi connectivity index (χ3n) is 3.32. The van der Waals surface area contributed by atoms with Crippen molar-refractivity contribution < 1.29 is 0 Å². The lowest BCUT2D eigenvalue weighted by Crippen LogP contribution is -2.30. The first-order valence-electron chi connectivity index (χ1n) is 5.73. The highest BCUT2D eigenvalue weighted by atomic mass is 32.1. The first-order valence-corrected chi connectivity index (χ1v) is 6.61. The normalized spacial score (nSPS) is 17.8. The van der Waals surface area contributed by atoms with Crippen molar-refractivity contribution in [2.75, 3.05) is 7.05 Å². The first kappa shape index (κ1) is 10.2. The van der Waals surface area contributed by atoms with Gasteiger partial charge in [-0.25, -0.2) is 9.97 Å². The van der Waals surface area contributed by atoms with Crippen LogP contribution in [-0.4, -0.2) is 23.1 Å². The molecule has 3 nitrogen and oxygen atoms in total. The number of aromatic nitrogens is 2. The smallest absolute Gasteiger partial charge is 0.126 e. The Morgan fingerprint density at radius 3 is 3.12 bits per heavy atom. The molecule has 2 aromatic heterocycles. The van der Waals surface area contributed by atoms with E-state index in [4.69, 9.17) is 0 Å². The molecule has 1 unspecified atom stereocenters. The predicted molar refractivity (Wildman–Crippen MR) is 66.7 cm³/mol. The fourth-order valence-electron chi connectivity index (χ4n) is 2.22. The Labute approximate surface area is 98.9 Å². The summed E-state index contributed by atoms with van der Waals surface area (Å²) in [6, 6.07) is 2.72. The van der Waals surface area contributed by atoms with Crippen LogP contribution in [0.15, 0.2) is 17.8 Å². The number of likely N-dealkylation sites (N-methyl/N-ethyl adjacent to an activating group) is 1. The predicted octanol–water partition coefficient (Wildman–Crippen LogP) is 2.23. The van der Waals surface area contributed by atoms with E-state index in [0.29, 0.717) is 6.04 Å². The molecule has 3 rings (SSSR count). The molecule has 0 radical (unpaired) electrons. The van der Waals surface area contributed by atoms with Gasteiger partial charge in [0, 0.05) is 17.8 Å². The van der Waals surface area contributed by atoms with Crippen LogP contribution in [0.5, 0.6) is 0 Å². The van der Waals surface area contributed by atoms with E-state index in [-0.39, 0.29) is 0 Å². The molecule has 1 fully saturated rings. The minimum atomic E-state index is 0.581. The average Bonchev–Trinajstić information content (AvgIpc) is 3.03. The van der Waals surface area contributed by atoms with Gasteiger partial charge >= 0.3 is 0 Å². The second-order valence-corrected chi connectivity index (χ2v) is 5.29. The van der Waals surface area contributed by atoms with Crippen molar-refractivity contribution in [3.8, 4) is 0 Å². The Hall–Kier alpha value is -1.00. The second-order valence-electron chi connectivity index (χ2n) is 4.40. The first-order chi connectivity index (χ1) is 7.88. The van der Waals surface area contributed by atoms with Crippen LogP contribution in [0.25, 0.3) is 10.2 Å². The highest BCUT2D eigenvalue weighted by molar-refractivity contribution is 7.16. The lowest BCUT2D eigenvalue weighted by atomic mass is 10.1. The largest absolute Gasteiger partial charge is 0.316 e. The minimum absolute atomic E-state index is 0.581. The van der Waals surface area contributed by atoms with Gasteiger partial charge in [-0.1, -0.05) is 0 Å². The van der Waals surface area contributed by atoms with Crippen molar-refractivity contribution in [1.29, 1.82) is 0 Å². The minimum Gasteiger partial charge on any atom is -0.316 e. The molecule has 0 saturated heterocycles. The van der Waals surface area contributed by atoms with Crippen LogP contribution in [0.1, 0.15) is 18.5 Å². The Kier molecular flexibility index (Phi) is 2.61. The summed E-state index contributed by atoms with van der Waals surface area (Å²) < 4.78 is 0. The molecule has 0 bridgehead atoms. The summed E-state index contributed by atoms with van der Waals surface area (Å²) >= 11 is 1.69. The van der Waals surface area contributed by atoms with E-state index < -0.39 is 0 Å². The summed E-state index contributed by atoms with van der Waals surface area (Å²) in [6.45, 7) is 0. The van der Waals surface area contributed by atoms with E-state index in [1.165, 1.54) is 23.9 Å². The monoisotopic (exact) mass is 233 g/mol. The summed E-state index contributed by atoms with van der Waals surface area (Å²) in [4.78, 5) is 9.82. The molecule has 1 N–H and O–H groups in total. The van der Waals surface area contributed by atoms with Gasteiger partial charge in [-0.3, -0.25) is 0 Å². The Balaban J connectivity index is 1.89. The van der Waals surface area contributed by atoms with E-state index in [0.717, 1.165) is 17.2 Å². The van der Waals surface area contributed by atoms with Gasteiger partial charge in [0.25, 0.3) is 0 Å². The van der Waals surface area contributed by atoms with Crippen molar-refractivity contribution in [2.45, 2.75) is 25.3 Å². The van der Waals surface area contributed by atoms with Gasteiger partial charge in [0.1, 0.15) is 11.2 Å². The second kappa shape index (κ2) is 4.11. The highest BCUT2D eigenvalue weighted by Crippen LogP contribution is 2.34. The van der Waals surface area contributed by atoms with Crippen LogP contribution >= 0.6 is 11.3 Å². The Morgan fingerprint density at radius 1 is 1.50 bits per heavy atom. The molecule has 0 spiro atoms. The molecule has 2 aromatic rings. The Bertz CT molecular complexity index is 490. The molecule has 0 amide bonds. The lowest BCUT2D eigenvalue weighted by molar-refractivity contribution is 0.497. The fraction of sp³-hybridized carbons (Fsp3) is 0.500. The molecule has 1 aliphatic rings. The maximum absolute atomic E-state index is 4.43. The molecule has 2 heterocycles. The van der Waals surface area contributed by atoms with Crippen LogP contribution in [-0.2, 0) is 6.42 Å². The van der Waals surface area contributed by atoms with E-state index in [2.05, 4.69) is 33.8 Å². The number of rotatable bonds is 4. The number of nitrogens with one attached hydrogen (secondary N) is 1. The summed E-state index contributed by atoms with van der Waals surface area (Å²) in [5, 5.41) is 6.73. The molecule has 16 heavy (non-hydrogen) atoms. The van der Waals surface area contributed by atoms with Gasteiger partial charge in [-0.15, -0.1) is 11.3 Å². The SMILES string of the molecule is CNC(Cc1ncnc2sccc12)C1CC1. The number of hydrogen-bond donors (Lipinski definition) is 1. The topological polar surface area (TPSA) is 37.8 Å². The van der Waals surface area contributed by atoms with Crippen LogP contribution in [0, 0.1) is 5.92 Å². The van der Waals surface area contributed by atoms with Gasteiger partial charge in [0.2, 0.25) is 0 Å². The van der Waals surface area contributed by atoms with Crippen LogP contribution in [0.4, 0.5) is 0 Å². The number of thiophene rings is 1. The molecule has 0 aromatic carbocycles. The maximum Gasteiger partial charge on any atom is 0.126 e. The zero-order chi connectivity index (χ0) is 11.0. The summed E-state index contributed by atoms with van der Waals surface area (Å²) in [5.41, 5.74) is 1.19. The Morgan fingerprint density at radius 2 is 2.38 bits per heavy atom. The molecular formula is C12H15N3S. The highest BCUT2D eigenvalue weighted by Gasteiger charge is 2.30. The summed E-state index contributed by atoms with van der Waals surface area (Å²) in [6.07, 6.45) is 5.44. The summed E-state index contributed by atoms with van der Waals surface area (Å²) in [7, 11) is 2.05. The number of hydrogen-bond acceptors (Lipinski definition) is 4. The zero-order valence-electron chi connectivity index (χ0n) is 9.31. The third kappa shape index (κ3) is 1.83. The molecule has 1 aliphatic carbocycles. The van der Waals surface area contributed by atoms with Gasteiger partial charge in [-0.05, 0) is 37.3 Å². The zero-order valence-corrected chi connectivity index (χ0v) is 10.1. The average molecular weight is 233 g/mol. The van der Waals surface area contributed by atoms with Crippen molar-refractivity contribution in [1.82, 2.24) is 15.3 Å². The van der Waals surface area contributed by atoms with Crippen molar-refractivity contribution in [3.63, 3.8) is 0 Å². The molecule has 1 atom stereocenters. The number of fused-ring (bicyclic) bond motifs is 1. The van der Waals surface area contributed by atoms with Crippen molar-refractivity contribution in [3.05, 3.63) is 23.5 Å². The van der Waals surface area contributed by atoms with E-state index in [9.17, 15) is 0 Å². The molecule has 4 heteroatoms. The maximum atomic E-state index is 4.43. The quantitative estimate of drug-likeness (QED) is 0.880. The van der Waals surface area contributed by atoms with Crippen molar-refractivity contribution in [2.24, 2.45) is 5.92 Å². The van der Waals surface area contributed by atoms with Gasteiger partial charge in [0.15, 0.2) is 0 Å². The van der Waals surface area contributed by atoms with Crippen LogP contribution < -0.4 is 5.32 Å². The van der Waals surface area contributed by atoms with E-state index in [1.807, 2.05) is 0 Å². The molecular weight excluding hydrogens is 218 g/mol. The van der Waals surface area contributed by atoms with Crippen molar-refractivity contribution >= 4 is 21.6 Å². The van der Waals surface area contributed by atoms with Crippen LogP contribution in [0.2, 0.25) is 0 Å². The third-order valence-corrected chi connectivity index (χ3v) is 4.14. The molecule has 84 valence electrons. The number of nitrogens with zero attached hydrogens (tertiary/aromatic N) is 2. The molecule has 1 saturated carbocycles. The van der Waals surface area contributed by atoms with Gasteiger partial charge in [0.05, 0.1) is 5.69 Å². The standard InChI is InChI=1S/C12H15N3S/c1-13-10(8-2-3-8)6-11-9-4-5-16-12(9)15-7-14-11/h4-5,7-8,10,13H,2-3,6H2,1H3. The fourth-order valence-corrected chi connectivity index (χ4v) is 2.97. The van der Waals surface area contributed by atoms with E-state index in [1.54, 1.807) is 17.7 Å². The van der Waals surface area contributed by atoms with Crippen LogP contribution in [0.3, 0.4) is 0 Å².